The second-order valence-electron chi connectivity index (χ2n) is 3.97. The van der Waals surface area contributed by atoms with E-state index in [1.807, 2.05) is 37.3 Å². The summed E-state index contributed by atoms with van der Waals surface area (Å²) in [5.41, 5.74) is 1.84. The SMILES string of the molecule is Cc1ccccc1Oc1ccc([C@@H](C)O)cn1. The summed E-state index contributed by atoms with van der Waals surface area (Å²) >= 11 is 0. The molecular formula is C14H15NO2. The van der Waals surface area contributed by atoms with Crippen LogP contribution in [0.25, 0.3) is 0 Å². The molecule has 0 saturated heterocycles. The van der Waals surface area contributed by atoms with Crippen LogP contribution in [0.4, 0.5) is 0 Å². The van der Waals surface area contributed by atoms with E-state index in [1.165, 1.54) is 0 Å². The minimum absolute atomic E-state index is 0.505. The summed E-state index contributed by atoms with van der Waals surface area (Å²) in [7, 11) is 0. The summed E-state index contributed by atoms with van der Waals surface area (Å²) in [6.45, 7) is 3.69. The molecular weight excluding hydrogens is 214 g/mol. The van der Waals surface area contributed by atoms with Crippen LogP contribution >= 0.6 is 0 Å². The summed E-state index contributed by atoms with van der Waals surface area (Å²) in [5.74, 6) is 1.33. The Morgan fingerprint density at radius 2 is 1.94 bits per heavy atom. The van der Waals surface area contributed by atoms with Gasteiger partial charge in [0.2, 0.25) is 5.88 Å². The third-order valence-electron chi connectivity index (χ3n) is 2.55. The Hall–Kier alpha value is -1.87. The van der Waals surface area contributed by atoms with Crippen LogP contribution in [0.2, 0.25) is 0 Å². The van der Waals surface area contributed by atoms with Gasteiger partial charge in [-0.3, -0.25) is 0 Å². The number of aromatic nitrogens is 1. The van der Waals surface area contributed by atoms with Gasteiger partial charge in [-0.2, -0.15) is 0 Å². The molecule has 2 rings (SSSR count). The zero-order valence-electron chi connectivity index (χ0n) is 9.92. The van der Waals surface area contributed by atoms with Gasteiger partial charge in [-0.25, -0.2) is 4.98 Å². The van der Waals surface area contributed by atoms with Crippen LogP contribution in [-0.4, -0.2) is 10.1 Å². The van der Waals surface area contributed by atoms with E-state index in [0.29, 0.717) is 5.88 Å². The van der Waals surface area contributed by atoms with E-state index in [4.69, 9.17) is 4.74 Å². The van der Waals surface area contributed by atoms with Gasteiger partial charge >= 0.3 is 0 Å². The first-order valence-electron chi connectivity index (χ1n) is 5.54. The fraction of sp³-hybridized carbons (Fsp3) is 0.214. The molecule has 0 fully saturated rings. The van der Waals surface area contributed by atoms with Gasteiger partial charge in [0.15, 0.2) is 0 Å². The maximum atomic E-state index is 9.37. The molecule has 1 atom stereocenters. The Labute approximate surface area is 101 Å². The first-order chi connectivity index (χ1) is 8.16. The zero-order valence-corrected chi connectivity index (χ0v) is 9.92. The lowest BCUT2D eigenvalue weighted by atomic mass is 10.2. The summed E-state index contributed by atoms with van der Waals surface area (Å²) in [6.07, 6.45) is 1.12. The number of aliphatic hydroxyl groups excluding tert-OH is 1. The molecule has 0 aliphatic rings. The molecule has 1 heterocycles. The van der Waals surface area contributed by atoms with Crippen molar-refractivity contribution in [2.24, 2.45) is 0 Å². The van der Waals surface area contributed by atoms with Crippen LogP contribution in [0.5, 0.6) is 11.6 Å². The molecule has 0 spiro atoms. The second kappa shape index (κ2) is 4.97. The number of hydrogen-bond donors (Lipinski definition) is 1. The van der Waals surface area contributed by atoms with Crippen molar-refractivity contribution in [1.29, 1.82) is 0 Å². The molecule has 0 aliphatic carbocycles. The second-order valence-corrected chi connectivity index (χ2v) is 3.97. The van der Waals surface area contributed by atoms with Gasteiger partial charge < -0.3 is 9.84 Å². The van der Waals surface area contributed by atoms with Crippen LogP contribution in [0.1, 0.15) is 24.2 Å². The number of pyridine rings is 1. The predicted molar refractivity (Wildman–Crippen MR) is 66.1 cm³/mol. The monoisotopic (exact) mass is 229 g/mol. The Kier molecular flexibility index (Phi) is 3.40. The van der Waals surface area contributed by atoms with Crippen LogP contribution in [-0.2, 0) is 0 Å². The topological polar surface area (TPSA) is 42.4 Å². The minimum Gasteiger partial charge on any atom is -0.439 e. The summed E-state index contributed by atoms with van der Waals surface area (Å²) in [5, 5.41) is 9.37. The van der Waals surface area contributed by atoms with Gasteiger partial charge in [0.25, 0.3) is 0 Å². The highest BCUT2D eigenvalue weighted by Gasteiger charge is 2.04. The van der Waals surface area contributed by atoms with E-state index in [-0.39, 0.29) is 0 Å². The standard InChI is InChI=1S/C14H15NO2/c1-10-5-3-4-6-13(10)17-14-8-7-12(9-15-14)11(2)16/h3-9,11,16H,1-2H3/t11-/m1/s1. The van der Waals surface area contributed by atoms with Crippen LogP contribution in [0, 0.1) is 6.92 Å². The summed E-state index contributed by atoms with van der Waals surface area (Å²) in [4.78, 5) is 4.15. The molecule has 0 unspecified atom stereocenters. The van der Waals surface area contributed by atoms with Crippen molar-refractivity contribution in [3.8, 4) is 11.6 Å². The molecule has 3 nitrogen and oxygen atoms in total. The number of benzene rings is 1. The van der Waals surface area contributed by atoms with Gasteiger partial charge in [0.05, 0.1) is 6.10 Å². The van der Waals surface area contributed by atoms with E-state index in [9.17, 15) is 5.11 Å². The first kappa shape index (κ1) is 11.6. The average molecular weight is 229 g/mol. The van der Waals surface area contributed by atoms with Crippen molar-refractivity contribution in [2.45, 2.75) is 20.0 Å². The van der Waals surface area contributed by atoms with Crippen molar-refractivity contribution < 1.29 is 9.84 Å². The third kappa shape index (κ3) is 2.82. The van der Waals surface area contributed by atoms with Gasteiger partial charge in [-0.1, -0.05) is 18.2 Å². The van der Waals surface area contributed by atoms with Crippen molar-refractivity contribution in [3.63, 3.8) is 0 Å². The molecule has 1 aromatic heterocycles. The van der Waals surface area contributed by atoms with Gasteiger partial charge in [-0.05, 0) is 37.1 Å². The van der Waals surface area contributed by atoms with Crippen molar-refractivity contribution >= 4 is 0 Å². The van der Waals surface area contributed by atoms with E-state index in [2.05, 4.69) is 4.98 Å². The van der Waals surface area contributed by atoms with Crippen molar-refractivity contribution in [3.05, 3.63) is 53.7 Å². The molecule has 0 aliphatic heterocycles. The molecule has 1 N–H and O–H groups in total. The van der Waals surface area contributed by atoms with E-state index < -0.39 is 6.10 Å². The molecule has 88 valence electrons. The fourth-order valence-corrected chi connectivity index (χ4v) is 1.48. The Bertz CT molecular complexity index is 492. The number of para-hydroxylation sites is 1. The fourth-order valence-electron chi connectivity index (χ4n) is 1.48. The largest absolute Gasteiger partial charge is 0.439 e. The summed E-state index contributed by atoms with van der Waals surface area (Å²) in [6, 6.07) is 11.3. The first-order valence-corrected chi connectivity index (χ1v) is 5.54. The lowest BCUT2D eigenvalue weighted by molar-refractivity contribution is 0.198. The average Bonchev–Trinajstić information content (AvgIpc) is 2.33. The number of aryl methyl sites for hydroxylation is 1. The highest BCUT2D eigenvalue weighted by Crippen LogP contribution is 2.23. The maximum Gasteiger partial charge on any atom is 0.219 e. The van der Waals surface area contributed by atoms with Gasteiger partial charge in [0.1, 0.15) is 5.75 Å². The molecule has 17 heavy (non-hydrogen) atoms. The summed E-state index contributed by atoms with van der Waals surface area (Å²) < 4.78 is 5.65. The maximum absolute atomic E-state index is 9.37. The Balaban J connectivity index is 2.17. The highest BCUT2D eigenvalue weighted by molar-refractivity contribution is 5.35. The van der Waals surface area contributed by atoms with E-state index in [0.717, 1.165) is 16.9 Å². The Morgan fingerprint density at radius 3 is 2.53 bits per heavy atom. The third-order valence-corrected chi connectivity index (χ3v) is 2.55. The Morgan fingerprint density at radius 1 is 1.18 bits per heavy atom. The molecule has 0 amide bonds. The normalized spacial score (nSPS) is 12.2. The van der Waals surface area contributed by atoms with Gasteiger partial charge in [-0.15, -0.1) is 0 Å². The molecule has 0 radical (unpaired) electrons. The van der Waals surface area contributed by atoms with Crippen molar-refractivity contribution in [1.82, 2.24) is 4.98 Å². The van der Waals surface area contributed by atoms with Gasteiger partial charge in [0, 0.05) is 12.3 Å². The van der Waals surface area contributed by atoms with Crippen LogP contribution in [0.15, 0.2) is 42.6 Å². The lowest BCUT2D eigenvalue weighted by Crippen LogP contribution is -1.94. The molecule has 1 aromatic carbocycles. The van der Waals surface area contributed by atoms with Crippen LogP contribution < -0.4 is 4.74 Å². The number of rotatable bonds is 3. The van der Waals surface area contributed by atoms with Crippen molar-refractivity contribution in [2.75, 3.05) is 0 Å². The molecule has 2 aromatic rings. The van der Waals surface area contributed by atoms with E-state index >= 15 is 0 Å². The number of aliphatic hydroxyl groups is 1. The smallest absolute Gasteiger partial charge is 0.219 e. The number of hydrogen-bond acceptors (Lipinski definition) is 3. The molecule has 0 bridgehead atoms. The number of nitrogens with zero attached hydrogens (tertiary/aromatic N) is 1. The lowest BCUT2D eigenvalue weighted by Gasteiger charge is -2.08. The molecule has 0 saturated carbocycles. The quantitative estimate of drug-likeness (QED) is 0.878. The molecule has 3 heteroatoms. The van der Waals surface area contributed by atoms with Crippen LogP contribution in [0.3, 0.4) is 0 Å². The highest BCUT2D eigenvalue weighted by atomic mass is 16.5. The number of ether oxygens (including phenoxy) is 1. The van der Waals surface area contributed by atoms with E-state index in [1.54, 1.807) is 19.2 Å². The minimum atomic E-state index is -0.505. The zero-order chi connectivity index (χ0) is 12.3. The predicted octanol–water partition coefficient (Wildman–Crippen LogP) is 3.24.